The van der Waals surface area contributed by atoms with Crippen LogP contribution in [0.15, 0.2) is 42.6 Å². The van der Waals surface area contributed by atoms with Gasteiger partial charge >= 0.3 is 0 Å². The van der Waals surface area contributed by atoms with Crippen molar-refractivity contribution in [2.24, 2.45) is 7.05 Å². The van der Waals surface area contributed by atoms with Crippen LogP contribution in [0.3, 0.4) is 0 Å². The van der Waals surface area contributed by atoms with Crippen LogP contribution >= 0.6 is 11.6 Å². The van der Waals surface area contributed by atoms with E-state index in [0.717, 1.165) is 53.5 Å². The van der Waals surface area contributed by atoms with Crippen LogP contribution in [0.5, 0.6) is 0 Å². The quantitative estimate of drug-likeness (QED) is 0.612. The third-order valence-corrected chi connectivity index (χ3v) is 6.12. The smallest absolute Gasteiger partial charge is 0.257 e. The summed E-state index contributed by atoms with van der Waals surface area (Å²) >= 11 is 6.36. The molecular formula is C24H27ClN4O. The molecule has 1 aromatic carbocycles. The third-order valence-electron chi connectivity index (χ3n) is 5.76. The van der Waals surface area contributed by atoms with E-state index < -0.39 is 0 Å². The van der Waals surface area contributed by atoms with Crippen molar-refractivity contribution in [2.75, 3.05) is 13.1 Å². The first-order chi connectivity index (χ1) is 14.4. The number of hydrogen-bond acceptors (Lipinski definition) is 3. The summed E-state index contributed by atoms with van der Waals surface area (Å²) in [6, 6.07) is 12.3. The molecule has 3 aromatic rings. The molecule has 4 rings (SSSR count). The summed E-state index contributed by atoms with van der Waals surface area (Å²) in [7, 11) is 1.85. The van der Waals surface area contributed by atoms with Crippen LogP contribution in [0.25, 0.3) is 0 Å². The topological polar surface area (TPSA) is 51.0 Å². The van der Waals surface area contributed by atoms with Gasteiger partial charge in [-0.3, -0.25) is 14.5 Å². The maximum Gasteiger partial charge on any atom is 0.257 e. The Kier molecular flexibility index (Phi) is 5.91. The molecule has 1 saturated heterocycles. The van der Waals surface area contributed by atoms with Gasteiger partial charge in [0, 0.05) is 48.7 Å². The molecule has 1 atom stereocenters. The van der Waals surface area contributed by atoms with Crippen LogP contribution in [-0.2, 0) is 13.5 Å². The van der Waals surface area contributed by atoms with E-state index in [4.69, 9.17) is 16.6 Å². The van der Waals surface area contributed by atoms with Gasteiger partial charge in [0.25, 0.3) is 5.91 Å². The SMILES string of the molecule is Cc1cc(Cc2ccccc2Cl)cc(C2CCCN(C(=O)c3cn(C)nc3C)C2)n1. The molecule has 1 amide bonds. The molecule has 6 heteroatoms. The molecule has 0 spiro atoms. The molecule has 156 valence electrons. The van der Waals surface area contributed by atoms with Gasteiger partial charge in [0.1, 0.15) is 0 Å². The third kappa shape index (κ3) is 4.41. The summed E-state index contributed by atoms with van der Waals surface area (Å²) < 4.78 is 1.70. The summed E-state index contributed by atoms with van der Waals surface area (Å²) in [5.41, 5.74) is 5.86. The summed E-state index contributed by atoms with van der Waals surface area (Å²) in [6.45, 7) is 5.39. The summed E-state index contributed by atoms with van der Waals surface area (Å²) in [6.07, 6.45) is 4.61. The molecule has 0 bridgehead atoms. The van der Waals surface area contributed by atoms with Crippen molar-refractivity contribution < 1.29 is 4.79 Å². The van der Waals surface area contributed by atoms with E-state index in [0.29, 0.717) is 12.1 Å². The minimum absolute atomic E-state index is 0.0641. The number of halogens is 1. The van der Waals surface area contributed by atoms with E-state index >= 15 is 0 Å². The Morgan fingerprint density at radius 2 is 2.03 bits per heavy atom. The van der Waals surface area contributed by atoms with Crippen LogP contribution in [0.2, 0.25) is 5.02 Å². The zero-order valence-electron chi connectivity index (χ0n) is 17.7. The Balaban J connectivity index is 1.55. The number of carbonyl (C=O) groups is 1. The zero-order chi connectivity index (χ0) is 21.3. The second-order valence-electron chi connectivity index (χ2n) is 8.20. The van der Waals surface area contributed by atoms with Gasteiger partial charge in [-0.1, -0.05) is 29.8 Å². The molecule has 1 aliphatic rings. The van der Waals surface area contributed by atoms with Gasteiger partial charge in [-0.25, -0.2) is 0 Å². The van der Waals surface area contributed by atoms with Crippen molar-refractivity contribution in [3.8, 4) is 0 Å². The normalized spacial score (nSPS) is 16.7. The predicted octanol–water partition coefficient (Wildman–Crippen LogP) is 4.70. The highest BCUT2D eigenvalue weighted by Gasteiger charge is 2.28. The van der Waals surface area contributed by atoms with E-state index in [-0.39, 0.29) is 11.8 Å². The molecule has 0 N–H and O–H groups in total. The maximum absolute atomic E-state index is 13.1. The van der Waals surface area contributed by atoms with E-state index in [9.17, 15) is 4.79 Å². The molecule has 0 aliphatic carbocycles. The molecule has 5 nitrogen and oxygen atoms in total. The van der Waals surface area contributed by atoms with Crippen molar-refractivity contribution in [3.63, 3.8) is 0 Å². The molecule has 30 heavy (non-hydrogen) atoms. The molecule has 1 aliphatic heterocycles. The van der Waals surface area contributed by atoms with Crippen LogP contribution in [0, 0.1) is 13.8 Å². The number of aryl methyl sites for hydroxylation is 3. The lowest BCUT2D eigenvalue weighted by molar-refractivity contribution is 0.0705. The minimum Gasteiger partial charge on any atom is -0.338 e. The van der Waals surface area contributed by atoms with Crippen LogP contribution in [0.1, 0.15) is 57.3 Å². The largest absolute Gasteiger partial charge is 0.338 e. The highest BCUT2D eigenvalue weighted by atomic mass is 35.5. The first-order valence-corrected chi connectivity index (χ1v) is 10.8. The predicted molar refractivity (Wildman–Crippen MR) is 119 cm³/mol. The number of likely N-dealkylation sites (tertiary alicyclic amines) is 1. The summed E-state index contributed by atoms with van der Waals surface area (Å²) in [5.74, 6) is 0.304. The van der Waals surface area contributed by atoms with Gasteiger partial charge in [-0.15, -0.1) is 0 Å². The van der Waals surface area contributed by atoms with E-state index in [1.54, 1.807) is 4.68 Å². The first kappa shape index (κ1) is 20.6. The van der Waals surface area contributed by atoms with Gasteiger partial charge in [-0.2, -0.15) is 5.10 Å². The van der Waals surface area contributed by atoms with E-state index in [1.165, 1.54) is 5.56 Å². The first-order valence-electron chi connectivity index (χ1n) is 10.4. The monoisotopic (exact) mass is 422 g/mol. The lowest BCUT2D eigenvalue weighted by Gasteiger charge is -2.32. The Hall–Kier alpha value is -2.66. The second kappa shape index (κ2) is 8.60. The lowest BCUT2D eigenvalue weighted by atomic mass is 9.92. The average Bonchev–Trinajstić information content (AvgIpc) is 3.07. The lowest BCUT2D eigenvalue weighted by Crippen LogP contribution is -2.39. The van der Waals surface area contributed by atoms with Gasteiger partial charge in [0.15, 0.2) is 0 Å². The number of carbonyl (C=O) groups excluding carboxylic acids is 1. The van der Waals surface area contributed by atoms with Crippen molar-refractivity contribution in [3.05, 3.63) is 81.4 Å². The van der Waals surface area contributed by atoms with Gasteiger partial charge in [0.2, 0.25) is 0 Å². The Morgan fingerprint density at radius 1 is 1.23 bits per heavy atom. The van der Waals surface area contributed by atoms with Crippen LogP contribution in [0.4, 0.5) is 0 Å². The molecule has 2 aromatic heterocycles. The summed E-state index contributed by atoms with van der Waals surface area (Å²) in [5, 5.41) is 5.11. The van der Waals surface area contributed by atoms with Crippen LogP contribution < -0.4 is 0 Å². The maximum atomic E-state index is 13.1. The highest BCUT2D eigenvalue weighted by molar-refractivity contribution is 6.31. The van der Waals surface area contributed by atoms with Crippen molar-refractivity contribution in [1.82, 2.24) is 19.7 Å². The molecule has 3 heterocycles. The molecule has 1 fully saturated rings. The fourth-order valence-corrected chi connectivity index (χ4v) is 4.53. The molecule has 0 saturated carbocycles. The standard InChI is InChI=1S/C24H27ClN4O/c1-16-11-18(12-19-7-4-5-9-22(19)25)13-23(26-16)20-8-6-10-29(14-20)24(30)21-15-28(3)27-17(21)2/h4-5,7,9,11,13,15,20H,6,8,10,12,14H2,1-3H3. The number of piperidine rings is 1. The molecule has 0 radical (unpaired) electrons. The minimum atomic E-state index is 0.0641. The van der Waals surface area contributed by atoms with E-state index in [1.807, 2.05) is 50.2 Å². The number of nitrogens with zero attached hydrogens (tertiary/aromatic N) is 4. The number of amides is 1. The molecular weight excluding hydrogens is 396 g/mol. The zero-order valence-corrected chi connectivity index (χ0v) is 18.5. The van der Waals surface area contributed by atoms with Gasteiger partial charge in [0.05, 0.1) is 11.3 Å². The number of aromatic nitrogens is 3. The number of rotatable bonds is 4. The fourth-order valence-electron chi connectivity index (χ4n) is 4.32. The van der Waals surface area contributed by atoms with Gasteiger partial charge in [-0.05, 0) is 62.4 Å². The Bertz CT molecular complexity index is 1070. The molecule has 1 unspecified atom stereocenters. The summed E-state index contributed by atoms with van der Waals surface area (Å²) in [4.78, 5) is 19.8. The van der Waals surface area contributed by atoms with Crippen LogP contribution in [-0.4, -0.2) is 38.7 Å². The van der Waals surface area contributed by atoms with Crippen molar-refractivity contribution >= 4 is 17.5 Å². The second-order valence-corrected chi connectivity index (χ2v) is 8.61. The van der Waals surface area contributed by atoms with Crippen molar-refractivity contribution in [1.29, 1.82) is 0 Å². The average molecular weight is 423 g/mol. The number of pyridine rings is 1. The number of hydrogen-bond donors (Lipinski definition) is 0. The van der Waals surface area contributed by atoms with Crippen molar-refractivity contribution in [2.45, 2.75) is 39.0 Å². The Morgan fingerprint density at radius 3 is 2.77 bits per heavy atom. The van der Waals surface area contributed by atoms with Gasteiger partial charge < -0.3 is 4.90 Å². The number of benzene rings is 1. The fraction of sp³-hybridized carbons (Fsp3) is 0.375. The Labute approximate surface area is 182 Å². The van der Waals surface area contributed by atoms with E-state index in [2.05, 4.69) is 23.3 Å². The highest BCUT2D eigenvalue weighted by Crippen LogP contribution is 2.29.